The Balaban J connectivity index is 1.92. The van der Waals surface area contributed by atoms with Crippen molar-refractivity contribution in [2.24, 2.45) is 11.7 Å². The summed E-state index contributed by atoms with van der Waals surface area (Å²) in [6.07, 6.45) is 3.36. The number of thioether (sulfide) groups is 1. The Morgan fingerprint density at radius 3 is 2.60 bits per heavy atom. The molecule has 0 aliphatic carbocycles. The van der Waals surface area contributed by atoms with Gasteiger partial charge in [-0.25, -0.2) is 0 Å². The fourth-order valence-electron chi connectivity index (χ4n) is 2.85. The first-order valence-electron chi connectivity index (χ1n) is 7.53. The number of hydrogen-bond acceptors (Lipinski definition) is 4. The summed E-state index contributed by atoms with van der Waals surface area (Å²) in [4.78, 5) is 28.4. The summed E-state index contributed by atoms with van der Waals surface area (Å²) in [6.45, 7) is 4.29. The zero-order valence-electron chi connectivity index (χ0n) is 12.2. The molecule has 0 aromatic heterocycles. The van der Waals surface area contributed by atoms with Crippen molar-refractivity contribution in [3.8, 4) is 0 Å². The molecule has 2 heterocycles. The fraction of sp³-hybridized carbons (Fsp3) is 0.857. The summed E-state index contributed by atoms with van der Waals surface area (Å²) in [5.41, 5.74) is 5.68. The molecule has 0 radical (unpaired) electrons. The summed E-state index contributed by atoms with van der Waals surface area (Å²) in [7, 11) is 0. The van der Waals surface area contributed by atoms with Crippen molar-refractivity contribution in [1.29, 1.82) is 0 Å². The van der Waals surface area contributed by atoms with Gasteiger partial charge in [0.15, 0.2) is 0 Å². The predicted molar refractivity (Wildman–Crippen MR) is 81.2 cm³/mol. The van der Waals surface area contributed by atoms with E-state index in [0.29, 0.717) is 24.8 Å². The molecular formula is C14H25N3O2S. The van der Waals surface area contributed by atoms with E-state index in [0.717, 1.165) is 38.1 Å². The van der Waals surface area contributed by atoms with Crippen LogP contribution in [0.25, 0.3) is 0 Å². The van der Waals surface area contributed by atoms with Gasteiger partial charge < -0.3 is 15.5 Å². The third-order valence-electron chi connectivity index (χ3n) is 4.21. The van der Waals surface area contributed by atoms with E-state index < -0.39 is 0 Å². The summed E-state index contributed by atoms with van der Waals surface area (Å²) in [5, 5.41) is 0. The highest BCUT2D eigenvalue weighted by atomic mass is 32.2. The van der Waals surface area contributed by atoms with Crippen LogP contribution >= 0.6 is 11.8 Å². The normalized spacial score (nSPS) is 24.2. The number of likely N-dealkylation sites (tertiary alicyclic amines) is 1. The smallest absolute Gasteiger partial charge is 0.246 e. The molecular weight excluding hydrogens is 274 g/mol. The summed E-state index contributed by atoms with van der Waals surface area (Å²) >= 11 is 1.68. The van der Waals surface area contributed by atoms with Crippen molar-refractivity contribution in [2.45, 2.75) is 38.6 Å². The van der Waals surface area contributed by atoms with E-state index >= 15 is 0 Å². The molecule has 20 heavy (non-hydrogen) atoms. The minimum absolute atomic E-state index is 0.118. The number of carbonyl (C=O) groups is 2. The number of piperidine rings is 1. The Kier molecular flexibility index (Phi) is 5.72. The van der Waals surface area contributed by atoms with E-state index in [2.05, 4.69) is 0 Å². The molecule has 6 heteroatoms. The Morgan fingerprint density at radius 2 is 2.00 bits per heavy atom. The Hall–Kier alpha value is -0.750. The number of amides is 2. The van der Waals surface area contributed by atoms with E-state index in [-0.39, 0.29) is 17.9 Å². The first-order chi connectivity index (χ1) is 9.67. The van der Waals surface area contributed by atoms with Gasteiger partial charge in [-0.3, -0.25) is 9.59 Å². The van der Waals surface area contributed by atoms with Crippen molar-refractivity contribution in [3.63, 3.8) is 0 Å². The van der Waals surface area contributed by atoms with Crippen LogP contribution in [0.2, 0.25) is 0 Å². The van der Waals surface area contributed by atoms with Crippen molar-refractivity contribution in [3.05, 3.63) is 0 Å². The number of carbonyl (C=O) groups excluding carboxylic acids is 2. The molecule has 1 unspecified atom stereocenters. The zero-order chi connectivity index (χ0) is 14.5. The minimum Gasteiger partial charge on any atom is -0.341 e. The average Bonchev–Trinajstić information content (AvgIpc) is 2.96. The maximum absolute atomic E-state index is 12.6. The van der Waals surface area contributed by atoms with Crippen LogP contribution in [-0.2, 0) is 9.59 Å². The summed E-state index contributed by atoms with van der Waals surface area (Å²) < 4.78 is 0. The molecule has 114 valence electrons. The standard InChI is InChI=1S/C14H25N3O2S/c1-2-3-13(18)17-10-20-9-12(17)14(19)16-6-4-11(8-15)5-7-16/h11-12H,2-10,15H2,1H3. The number of hydrogen-bond donors (Lipinski definition) is 1. The lowest BCUT2D eigenvalue weighted by atomic mass is 9.96. The van der Waals surface area contributed by atoms with Crippen molar-refractivity contribution < 1.29 is 9.59 Å². The van der Waals surface area contributed by atoms with E-state index in [1.54, 1.807) is 16.7 Å². The van der Waals surface area contributed by atoms with Gasteiger partial charge in [-0.2, -0.15) is 0 Å². The molecule has 2 saturated heterocycles. The third kappa shape index (κ3) is 3.47. The molecule has 1 atom stereocenters. The Labute approximate surface area is 125 Å². The van der Waals surface area contributed by atoms with Crippen LogP contribution in [-0.4, -0.2) is 58.9 Å². The molecule has 2 aliphatic heterocycles. The average molecular weight is 299 g/mol. The number of nitrogens with zero attached hydrogens (tertiary/aromatic N) is 2. The molecule has 0 spiro atoms. The largest absolute Gasteiger partial charge is 0.341 e. The van der Waals surface area contributed by atoms with Gasteiger partial charge in [0.1, 0.15) is 6.04 Å². The highest BCUT2D eigenvalue weighted by molar-refractivity contribution is 7.99. The fourth-order valence-corrected chi connectivity index (χ4v) is 4.02. The van der Waals surface area contributed by atoms with Gasteiger partial charge in [-0.05, 0) is 31.7 Å². The van der Waals surface area contributed by atoms with Crippen molar-refractivity contribution >= 4 is 23.6 Å². The first-order valence-corrected chi connectivity index (χ1v) is 8.68. The van der Waals surface area contributed by atoms with Gasteiger partial charge >= 0.3 is 0 Å². The second kappa shape index (κ2) is 7.31. The SMILES string of the molecule is CCCC(=O)N1CSCC1C(=O)N1CCC(CN)CC1. The highest BCUT2D eigenvalue weighted by Gasteiger charge is 2.37. The summed E-state index contributed by atoms with van der Waals surface area (Å²) in [5.74, 6) is 2.21. The quantitative estimate of drug-likeness (QED) is 0.837. The maximum atomic E-state index is 12.6. The predicted octanol–water partition coefficient (Wildman–Crippen LogP) is 0.885. The number of nitrogens with two attached hydrogens (primary N) is 1. The number of rotatable bonds is 4. The third-order valence-corrected chi connectivity index (χ3v) is 5.22. The second-order valence-corrected chi connectivity index (χ2v) is 6.63. The van der Waals surface area contributed by atoms with Gasteiger partial charge in [-0.1, -0.05) is 6.92 Å². The molecule has 2 fully saturated rings. The topological polar surface area (TPSA) is 66.6 Å². The Morgan fingerprint density at radius 1 is 1.30 bits per heavy atom. The molecule has 2 N–H and O–H groups in total. The van der Waals surface area contributed by atoms with Crippen LogP contribution in [0.1, 0.15) is 32.6 Å². The molecule has 5 nitrogen and oxygen atoms in total. The Bertz CT molecular complexity index is 356. The zero-order valence-corrected chi connectivity index (χ0v) is 13.0. The minimum atomic E-state index is -0.242. The molecule has 0 aromatic rings. The lowest BCUT2D eigenvalue weighted by molar-refractivity contribution is -0.144. The molecule has 0 aromatic carbocycles. The van der Waals surface area contributed by atoms with Crippen LogP contribution < -0.4 is 5.73 Å². The van der Waals surface area contributed by atoms with Crippen molar-refractivity contribution in [2.75, 3.05) is 31.3 Å². The van der Waals surface area contributed by atoms with Crippen molar-refractivity contribution in [1.82, 2.24) is 9.80 Å². The van der Waals surface area contributed by atoms with Crippen LogP contribution in [0.4, 0.5) is 0 Å². The van der Waals surface area contributed by atoms with Gasteiger partial charge in [-0.15, -0.1) is 11.8 Å². The van der Waals surface area contributed by atoms with Gasteiger partial charge in [0, 0.05) is 25.3 Å². The monoisotopic (exact) mass is 299 g/mol. The molecule has 2 amide bonds. The van der Waals surface area contributed by atoms with Gasteiger partial charge in [0.25, 0.3) is 0 Å². The molecule has 0 bridgehead atoms. The summed E-state index contributed by atoms with van der Waals surface area (Å²) in [6, 6.07) is -0.242. The maximum Gasteiger partial charge on any atom is 0.246 e. The second-order valence-electron chi connectivity index (χ2n) is 5.63. The van der Waals surface area contributed by atoms with E-state index in [1.165, 1.54) is 0 Å². The van der Waals surface area contributed by atoms with E-state index in [1.807, 2.05) is 11.8 Å². The van der Waals surface area contributed by atoms with E-state index in [9.17, 15) is 9.59 Å². The van der Waals surface area contributed by atoms with Crippen LogP contribution in [0.15, 0.2) is 0 Å². The van der Waals surface area contributed by atoms with E-state index in [4.69, 9.17) is 5.73 Å². The highest BCUT2D eigenvalue weighted by Crippen LogP contribution is 2.25. The lowest BCUT2D eigenvalue weighted by Gasteiger charge is -2.35. The molecule has 2 aliphatic rings. The van der Waals surface area contributed by atoms with Crippen LogP contribution in [0.5, 0.6) is 0 Å². The van der Waals surface area contributed by atoms with Gasteiger partial charge in [0.05, 0.1) is 5.88 Å². The van der Waals surface area contributed by atoms with Gasteiger partial charge in [0.2, 0.25) is 11.8 Å². The lowest BCUT2D eigenvalue weighted by Crippen LogP contribution is -2.51. The first kappa shape index (κ1) is 15.6. The van der Waals surface area contributed by atoms with Crippen LogP contribution in [0, 0.1) is 5.92 Å². The molecule has 2 rings (SSSR count). The molecule has 0 saturated carbocycles. The van der Waals surface area contributed by atoms with Crippen LogP contribution in [0.3, 0.4) is 0 Å².